The Morgan fingerprint density at radius 2 is 1.87 bits per heavy atom. The van der Waals surface area contributed by atoms with Gasteiger partial charge < -0.3 is 9.47 Å². The van der Waals surface area contributed by atoms with Gasteiger partial charge in [0.05, 0.1) is 19.0 Å². The molecule has 11 heteroatoms. The van der Waals surface area contributed by atoms with Crippen molar-refractivity contribution in [2.75, 3.05) is 6.61 Å². The summed E-state index contributed by atoms with van der Waals surface area (Å²) in [5.41, 5.74) is -1.25. The van der Waals surface area contributed by atoms with Crippen LogP contribution in [0.3, 0.4) is 0 Å². The largest absolute Gasteiger partial charge is 0.475 e. The number of hydrogen-bond donors (Lipinski definition) is 0. The summed E-state index contributed by atoms with van der Waals surface area (Å²) in [6, 6.07) is 5.71. The van der Waals surface area contributed by atoms with E-state index in [4.69, 9.17) is 9.47 Å². The molecule has 2 aromatic heterocycles. The minimum Gasteiger partial charge on any atom is -0.475 e. The van der Waals surface area contributed by atoms with E-state index in [1.807, 2.05) is 0 Å². The Morgan fingerprint density at radius 1 is 1.10 bits per heavy atom. The molecule has 0 saturated carbocycles. The summed E-state index contributed by atoms with van der Waals surface area (Å²) in [6.07, 6.45) is -2.57. The lowest BCUT2D eigenvalue weighted by atomic mass is 10.1. The maximum atomic E-state index is 14.3. The van der Waals surface area contributed by atoms with Crippen molar-refractivity contribution in [3.63, 3.8) is 0 Å². The highest BCUT2D eigenvalue weighted by Crippen LogP contribution is 2.30. The fourth-order valence-corrected chi connectivity index (χ4v) is 2.56. The van der Waals surface area contributed by atoms with Crippen LogP contribution in [0.1, 0.15) is 18.2 Å². The van der Waals surface area contributed by atoms with Crippen LogP contribution in [0.5, 0.6) is 17.4 Å². The van der Waals surface area contributed by atoms with E-state index in [2.05, 4.69) is 9.97 Å². The fraction of sp³-hybridized carbons (Fsp3) is 0.250. The van der Waals surface area contributed by atoms with E-state index in [0.29, 0.717) is 5.56 Å². The lowest BCUT2D eigenvalue weighted by Gasteiger charge is -2.10. The number of rotatable bonds is 7. The van der Waals surface area contributed by atoms with Crippen molar-refractivity contribution >= 4 is 0 Å². The van der Waals surface area contributed by atoms with Crippen LogP contribution in [-0.2, 0) is 19.1 Å². The van der Waals surface area contributed by atoms with Gasteiger partial charge in [0.2, 0.25) is 5.82 Å². The number of hydrogen-bond acceptors (Lipinski definition) is 5. The predicted octanol–water partition coefficient (Wildman–Crippen LogP) is 4.37. The molecule has 1 aromatic carbocycles. The van der Waals surface area contributed by atoms with Crippen LogP contribution in [0, 0.1) is 11.6 Å². The van der Waals surface area contributed by atoms with Gasteiger partial charge in [0.15, 0.2) is 11.6 Å². The third-order valence-electron chi connectivity index (χ3n) is 4.14. The van der Waals surface area contributed by atoms with E-state index in [9.17, 15) is 26.7 Å². The highest BCUT2D eigenvalue weighted by Gasteiger charge is 2.32. The van der Waals surface area contributed by atoms with Crippen LogP contribution in [-0.4, -0.2) is 21.1 Å². The van der Waals surface area contributed by atoms with E-state index in [1.165, 1.54) is 12.1 Å². The van der Waals surface area contributed by atoms with Crippen molar-refractivity contribution in [3.8, 4) is 17.4 Å². The summed E-state index contributed by atoms with van der Waals surface area (Å²) < 4.78 is 77.2. The van der Waals surface area contributed by atoms with Crippen molar-refractivity contribution < 1.29 is 31.4 Å². The molecule has 0 aliphatic rings. The second-order valence-corrected chi connectivity index (χ2v) is 6.30. The van der Waals surface area contributed by atoms with Gasteiger partial charge in [-0.2, -0.15) is 22.5 Å². The molecule has 0 fully saturated rings. The van der Waals surface area contributed by atoms with Crippen LogP contribution in [0.2, 0.25) is 0 Å². The standard InChI is InChI=1S/C20H16F5N3O3/c1-2-28-11-15(22)18(27-19(28)29)30-8-7-12-3-5-16(14(21)9-12)31-13-4-6-17(26-10-13)20(23,24)25/h3-6,9-11H,2,7-8H2,1H3. The zero-order chi connectivity index (χ0) is 22.6. The fourth-order valence-electron chi connectivity index (χ4n) is 2.56. The molecule has 0 amide bonds. The van der Waals surface area contributed by atoms with Gasteiger partial charge in [0.1, 0.15) is 11.4 Å². The van der Waals surface area contributed by atoms with E-state index in [1.54, 1.807) is 6.92 Å². The summed E-state index contributed by atoms with van der Waals surface area (Å²) in [5.74, 6) is -2.26. The van der Waals surface area contributed by atoms with Gasteiger partial charge in [0, 0.05) is 13.0 Å². The number of aromatic nitrogens is 3. The SMILES string of the molecule is CCn1cc(F)c(OCCc2ccc(Oc3ccc(C(F)(F)F)nc3)c(F)c2)nc1=O. The van der Waals surface area contributed by atoms with Crippen LogP contribution >= 0.6 is 0 Å². The Kier molecular flexibility index (Phi) is 6.52. The number of halogens is 5. The number of pyridine rings is 1. The first-order valence-electron chi connectivity index (χ1n) is 9.06. The van der Waals surface area contributed by atoms with Gasteiger partial charge in [-0.25, -0.2) is 14.2 Å². The number of benzene rings is 1. The normalized spacial score (nSPS) is 11.4. The Balaban J connectivity index is 1.61. The van der Waals surface area contributed by atoms with E-state index in [0.717, 1.165) is 35.2 Å². The van der Waals surface area contributed by atoms with Crippen LogP contribution in [0.15, 0.2) is 47.5 Å². The maximum absolute atomic E-state index is 14.3. The van der Waals surface area contributed by atoms with Crippen molar-refractivity contribution in [1.29, 1.82) is 0 Å². The molecule has 0 N–H and O–H groups in total. The first kappa shape index (κ1) is 22.2. The average Bonchev–Trinajstić information content (AvgIpc) is 2.72. The summed E-state index contributed by atoms with van der Waals surface area (Å²) in [6.45, 7) is 1.86. The van der Waals surface area contributed by atoms with Gasteiger partial charge in [-0.15, -0.1) is 0 Å². The Hall–Kier alpha value is -3.50. The third kappa shape index (κ3) is 5.56. The number of alkyl halides is 3. The molecule has 0 aliphatic carbocycles. The minimum absolute atomic E-state index is 0.0636. The molecule has 3 aromatic rings. The molecule has 0 aliphatic heterocycles. The molecule has 0 saturated heterocycles. The molecule has 0 atom stereocenters. The molecule has 6 nitrogen and oxygen atoms in total. The average molecular weight is 441 g/mol. The molecular formula is C20H16F5N3O3. The summed E-state index contributed by atoms with van der Waals surface area (Å²) in [5, 5.41) is 0. The number of ether oxygens (including phenoxy) is 2. The molecule has 31 heavy (non-hydrogen) atoms. The highest BCUT2D eigenvalue weighted by atomic mass is 19.4. The van der Waals surface area contributed by atoms with E-state index < -0.39 is 35.1 Å². The van der Waals surface area contributed by atoms with Crippen LogP contribution in [0.4, 0.5) is 22.0 Å². The molecule has 0 bridgehead atoms. The van der Waals surface area contributed by atoms with Crippen molar-refractivity contribution in [2.45, 2.75) is 26.1 Å². The first-order valence-corrected chi connectivity index (χ1v) is 9.06. The highest BCUT2D eigenvalue weighted by molar-refractivity contribution is 5.34. The van der Waals surface area contributed by atoms with Crippen molar-refractivity contribution in [1.82, 2.24) is 14.5 Å². The van der Waals surface area contributed by atoms with Gasteiger partial charge in [-0.05, 0) is 36.8 Å². The molecule has 3 rings (SSSR count). The molecule has 0 unspecified atom stereocenters. The smallest absolute Gasteiger partial charge is 0.433 e. The van der Waals surface area contributed by atoms with Crippen molar-refractivity contribution in [2.24, 2.45) is 0 Å². The van der Waals surface area contributed by atoms with Gasteiger partial charge in [-0.3, -0.25) is 4.57 Å². The quantitative estimate of drug-likeness (QED) is 0.510. The summed E-state index contributed by atoms with van der Waals surface area (Å²) in [4.78, 5) is 18.4. The topological polar surface area (TPSA) is 66.2 Å². The van der Waals surface area contributed by atoms with E-state index in [-0.39, 0.29) is 31.1 Å². The molecule has 2 heterocycles. The van der Waals surface area contributed by atoms with E-state index >= 15 is 0 Å². The second-order valence-electron chi connectivity index (χ2n) is 6.30. The van der Waals surface area contributed by atoms with Crippen LogP contribution < -0.4 is 15.2 Å². The molecule has 0 spiro atoms. The molecular weight excluding hydrogens is 425 g/mol. The minimum atomic E-state index is -4.59. The Morgan fingerprint density at radius 3 is 2.48 bits per heavy atom. The van der Waals surface area contributed by atoms with Gasteiger partial charge in [0.25, 0.3) is 5.88 Å². The third-order valence-corrected chi connectivity index (χ3v) is 4.14. The summed E-state index contributed by atoms with van der Waals surface area (Å²) in [7, 11) is 0. The Bertz CT molecular complexity index is 1110. The van der Waals surface area contributed by atoms with Gasteiger partial charge >= 0.3 is 11.9 Å². The zero-order valence-corrected chi connectivity index (χ0v) is 16.1. The maximum Gasteiger partial charge on any atom is 0.433 e. The lowest BCUT2D eigenvalue weighted by molar-refractivity contribution is -0.141. The van der Waals surface area contributed by atoms with Gasteiger partial charge in [-0.1, -0.05) is 6.07 Å². The monoisotopic (exact) mass is 441 g/mol. The van der Waals surface area contributed by atoms with Crippen LogP contribution in [0.25, 0.3) is 0 Å². The molecule has 0 radical (unpaired) electrons. The summed E-state index contributed by atoms with van der Waals surface area (Å²) >= 11 is 0. The predicted molar refractivity (Wildman–Crippen MR) is 99.0 cm³/mol. The number of nitrogens with zero attached hydrogens (tertiary/aromatic N) is 3. The Labute approximate surface area is 172 Å². The number of aryl methyl sites for hydroxylation is 1. The zero-order valence-electron chi connectivity index (χ0n) is 16.1. The second kappa shape index (κ2) is 9.11. The first-order chi connectivity index (χ1) is 14.7. The molecule has 164 valence electrons. The lowest BCUT2D eigenvalue weighted by Crippen LogP contribution is -2.23. The van der Waals surface area contributed by atoms with Crippen molar-refractivity contribution in [3.05, 3.63) is 76.1 Å².